The molecule has 0 aromatic heterocycles. The first kappa shape index (κ1) is 20.2. The molecule has 2 N–H and O–H groups in total. The van der Waals surface area contributed by atoms with Crippen molar-refractivity contribution in [3.63, 3.8) is 0 Å². The minimum Gasteiger partial charge on any atom is -0.445 e. The minimum absolute atomic E-state index is 0.0130. The monoisotopic (exact) mass is 361 g/mol. The van der Waals surface area contributed by atoms with E-state index >= 15 is 0 Å². The summed E-state index contributed by atoms with van der Waals surface area (Å²) in [4.78, 5) is 28.1. The van der Waals surface area contributed by atoms with Gasteiger partial charge in [0.05, 0.1) is 6.04 Å². The summed E-state index contributed by atoms with van der Waals surface area (Å²) >= 11 is 0. The molecule has 1 fully saturated rings. The first-order chi connectivity index (χ1) is 12.4. The molecule has 1 aromatic carbocycles. The fourth-order valence-electron chi connectivity index (χ4n) is 3.20. The van der Waals surface area contributed by atoms with Crippen LogP contribution in [0.15, 0.2) is 30.3 Å². The molecule has 0 unspecified atom stereocenters. The molecule has 0 spiro atoms. The third-order valence-corrected chi connectivity index (χ3v) is 4.88. The van der Waals surface area contributed by atoms with Crippen LogP contribution >= 0.6 is 0 Å². The second-order valence-corrected chi connectivity index (χ2v) is 7.48. The lowest BCUT2D eigenvalue weighted by atomic mass is 9.95. The van der Waals surface area contributed by atoms with E-state index in [1.807, 2.05) is 49.1 Å². The van der Waals surface area contributed by atoms with Crippen LogP contribution in [-0.2, 0) is 16.1 Å². The number of nitrogens with two attached hydrogens (primary N) is 1. The highest BCUT2D eigenvalue weighted by molar-refractivity contribution is 5.82. The van der Waals surface area contributed by atoms with Gasteiger partial charge < -0.3 is 20.3 Å². The predicted octanol–water partition coefficient (Wildman–Crippen LogP) is 2.48. The molecule has 144 valence electrons. The molecular formula is C20H31N3O3. The fraction of sp³-hybridized carbons (Fsp3) is 0.600. The fourth-order valence-corrected chi connectivity index (χ4v) is 3.20. The second-order valence-electron chi connectivity index (χ2n) is 7.48. The van der Waals surface area contributed by atoms with Crippen molar-refractivity contribution in [1.29, 1.82) is 0 Å². The van der Waals surface area contributed by atoms with Crippen LogP contribution in [0.4, 0.5) is 4.79 Å². The number of hydrogen-bond acceptors (Lipinski definition) is 4. The molecular weight excluding hydrogens is 330 g/mol. The third kappa shape index (κ3) is 5.73. The van der Waals surface area contributed by atoms with Crippen LogP contribution in [0, 0.1) is 11.8 Å². The maximum Gasteiger partial charge on any atom is 0.409 e. The van der Waals surface area contributed by atoms with Crippen molar-refractivity contribution in [3.8, 4) is 0 Å². The van der Waals surface area contributed by atoms with Gasteiger partial charge in [-0.25, -0.2) is 4.79 Å². The molecule has 1 aliphatic rings. The highest BCUT2D eigenvalue weighted by atomic mass is 16.6. The Balaban J connectivity index is 1.81. The van der Waals surface area contributed by atoms with Gasteiger partial charge in [-0.1, -0.05) is 44.2 Å². The SMILES string of the molecule is CC(C)[C@H](N)C(=O)N1CCC[C@H](CN(C)C(=O)OCc2ccccc2)C1. The van der Waals surface area contributed by atoms with E-state index in [0.717, 1.165) is 24.9 Å². The number of carbonyl (C=O) groups is 2. The van der Waals surface area contributed by atoms with Crippen molar-refractivity contribution in [2.24, 2.45) is 17.6 Å². The Bertz CT molecular complexity index is 591. The quantitative estimate of drug-likeness (QED) is 0.844. The van der Waals surface area contributed by atoms with Crippen molar-refractivity contribution in [2.75, 3.05) is 26.7 Å². The van der Waals surface area contributed by atoms with Gasteiger partial charge in [0.2, 0.25) is 5.91 Å². The molecule has 2 amide bonds. The van der Waals surface area contributed by atoms with E-state index in [9.17, 15) is 9.59 Å². The van der Waals surface area contributed by atoms with Crippen LogP contribution in [-0.4, -0.2) is 54.5 Å². The second kappa shape index (κ2) is 9.57. The Hall–Kier alpha value is -2.08. The number of likely N-dealkylation sites (tertiary alicyclic amines) is 1. The maximum absolute atomic E-state index is 12.5. The van der Waals surface area contributed by atoms with Crippen molar-refractivity contribution in [2.45, 2.75) is 39.3 Å². The predicted molar refractivity (Wildman–Crippen MR) is 101 cm³/mol. The van der Waals surface area contributed by atoms with Gasteiger partial charge in [0, 0.05) is 26.7 Å². The number of rotatable bonds is 6. The van der Waals surface area contributed by atoms with E-state index in [2.05, 4.69) is 0 Å². The number of amides is 2. The zero-order valence-corrected chi connectivity index (χ0v) is 16.1. The molecule has 0 radical (unpaired) electrons. The van der Waals surface area contributed by atoms with Crippen LogP contribution in [0.3, 0.4) is 0 Å². The molecule has 26 heavy (non-hydrogen) atoms. The molecule has 1 aliphatic heterocycles. The Morgan fingerprint density at radius 1 is 1.31 bits per heavy atom. The average molecular weight is 361 g/mol. The van der Waals surface area contributed by atoms with Gasteiger partial charge >= 0.3 is 6.09 Å². The molecule has 2 atom stereocenters. The number of carbonyl (C=O) groups excluding carboxylic acids is 2. The summed E-state index contributed by atoms with van der Waals surface area (Å²) < 4.78 is 5.36. The van der Waals surface area contributed by atoms with Crippen molar-refractivity contribution in [3.05, 3.63) is 35.9 Å². The molecule has 6 heteroatoms. The van der Waals surface area contributed by atoms with Crippen molar-refractivity contribution in [1.82, 2.24) is 9.80 Å². The smallest absolute Gasteiger partial charge is 0.409 e. The standard InChI is InChI=1S/C20H31N3O3/c1-15(2)18(21)19(24)23-11-7-10-17(13-23)12-22(3)20(25)26-14-16-8-5-4-6-9-16/h4-6,8-9,15,17-18H,7,10-14,21H2,1-3H3/t17-,18+/m1/s1. The lowest BCUT2D eigenvalue weighted by molar-refractivity contribution is -0.135. The summed E-state index contributed by atoms with van der Waals surface area (Å²) in [6.07, 6.45) is 1.60. The molecule has 6 nitrogen and oxygen atoms in total. The van der Waals surface area contributed by atoms with Crippen molar-refractivity contribution >= 4 is 12.0 Å². The van der Waals surface area contributed by atoms with Crippen LogP contribution in [0.25, 0.3) is 0 Å². The number of piperidine rings is 1. The van der Waals surface area contributed by atoms with Crippen LogP contribution in [0.1, 0.15) is 32.3 Å². The van der Waals surface area contributed by atoms with Gasteiger partial charge in [0.1, 0.15) is 6.61 Å². The van der Waals surface area contributed by atoms with Gasteiger partial charge in [-0.05, 0) is 30.2 Å². The van der Waals surface area contributed by atoms with Crippen LogP contribution < -0.4 is 5.73 Å². The number of hydrogen-bond donors (Lipinski definition) is 1. The largest absolute Gasteiger partial charge is 0.445 e. The Kier molecular flexibility index (Phi) is 7.45. The van der Waals surface area contributed by atoms with Crippen LogP contribution in [0.5, 0.6) is 0 Å². The number of ether oxygens (including phenoxy) is 1. The zero-order valence-electron chi connectivity index (χ0n) is 16.1. The summed E-state index contributed by atoms with van der Waals surface area (Å²) in [6, 6.07) is 9.16. The molecule has 0 aliphatic carbocycles. The summed E-state index contributed by atoms with van der Waals surface area (Å²) in [5.41, 5.74) is 6.97. The number of nitrogens with zero attached hydrogens (tertiary/aromatic N) is 2. The Morgan fingerprint density at radius 3 is 2.65 bits per heavy atom. The van der Waals surface area contributed by atoms with Crippen molar-refractivity contribution < 1.29 is 14.3 Å². The highest BCUT2D eigenvalue weighted by Gasteiger charge is 2.29. The maximum atomic E-state index is 12.5. The zero-order chi connectivity index (χ0) is 19.1. The van der Waals surface area contributed by atoms with E-state index in [4.69, 9.17) is 10.5 Å². The number of benzene rings is 1. The lowest BCUT2D eigenvalue weighted by Gasteiger charge is -2.36. The van der Waals surface area contributed by atoms with E-state index in [0.29, 0.717) is 13.1 Å². The Labute approximate surface area is 156 Å². The van der Waals surface area contributed by atoms with E-state index in [-0.39, 0.29) is 30.4 Å². The molecule has 1 heterocycles. The molecule has 1 saturated heterocycles. The van der Waals surface area contributed by atoms with Gasteiger partial charge in [-0.2, -0.15) is 0 Å². The van der Waals surface area contributed by atoms with Gasteiger partial charge in [0.15, 0.2) is 0 Å². The van der Waals surface area contributed by atoms with E-state index in [1.54, 1.807) is 11.9 Å². The summed E-state index contributed by atoms with van der Waals surface area (Å²) in [5.74, 6) is 0.388. The normalized spacial score (nSPS) is 18.5. The first-order valence-electron chi connectivity index (χ1n) is 9.34. The average Bonchev–Trinajstić information content (AvgIpc) is 2.65. The van der Waals surface area contributed by atoms with E-state index in [1.165, 1.54) is 0 Å². The molecule has 2 rings (SSSR count). The topological polar surface area (TPSA) is 75.9 Å². The molecule has 0 saturated carbocycles. The minimum atomic E-state index is -0.456. The lowest BCUT2D eigenvalue weighted by Crippen LogP contribution is -2.51. The Morgan fingerprint density at radius 2 is 2.00 bits per heavy atom. The van der Waals surface area contributed by atoms with Gasteiger partial charge in [0.25, 0.3) is 0 Å². The molecule has 1 aromatic rings. The summed E-state index contributed by atoms with van der Waals surface area (Å²) in [7, 11) is 1.74. The summed E-state index contributed by atoms with van der Waals surface area (Å²) in [6.45, 7) is 6.16. The molecule has 0 bridgehead atoms. The van der Waals surface area contributed by atoms with E-state index < -0.39 is 6.04 Å². The highest BCUT2D eigenvalue weighted by Crippen LogP contribution is 2.19. The van der Waals surface area contributed by atoms with Gasteiger partial charge in [-0.15, -0.1) is 0 Å². The summed E-state index contributed by atoms with van der Waals surface area (Å²) in [5, 5.41) is 0. The van der Waals surface area contributed by atoms with Crippen LogP contribution in [0.2, 0.25) is 0 Å². The first-order valence-corrected chi connectivity index (χ1v) is 9.34. The third-order valence-electron chi connectivity index (χ3n) is 4.88. The van der Waals surface area contributed by atoms with Gasteiger partial charge in [-0.3, -0.25) is 4.79 Å².